The van der Waals surface area contributed by atoms with Gasteiger partial charge in [-0.25, -0.2) is 4.99 Å². The van der Waals surface area contributed by atoms with Crippen LogP contribution in [0.2, 0.25) is 0 Å². The molecular weight excluding hydrogens is 464 g/mol. The first-order chi connectivity index (χ1) is 18.1. The van der Waals surface area contributed by atoms with Crippen molar-refractivity contribution < 1.29 is 14.3 Å². The summed E-state index contributed by atoms with van der Waals surface area (Å²) in [5.41, 5.74) is 4.07. The molecule has 0 spiro atoms. The Morgan fingerprint density at radius 1 is 1.19 bits per heavy atom. The minimum absolute atomic E-state index is 0.155. The fraction of sp³-hybridized carbons (Fsp3) is 0.367. The lowest BCUT2D eigenvalue weighted by molar-refractivity contribution is -0.132. The topological polar surface area (TPSA) is 66.7 Å². The smallest absolute Gasteiger partial charge is 0.222 e. The molecule has 1 saturated heterocycles. The molecule has 7 heteroatoms. The zero-order valence-corrected chi connectivity index (χ0v) is 21.6. The summed E-state index contributed by atoms with van der Waals surface area (Å²) >= 11 is 0. The van der Waals surface area contributed by atoms with Crippen molar-refractivity contribution in [2.24, 2.45) is 10.1 Å². The number of likely N-dealkylation sites (tertiary alicyclic amines) is 1. The van der Waals surface area contributed by atoms with Gasteiger partial charge in [0.1, 0.15) is 5.75 Å². The van der Waals surface area contributed by atoms with E-state index >= 15 is 0 Å². The van der Waals surface area contributed by atoms with Crippen LogP contribution in [0.4, 0.5) is 0 Å². The molecular formula is C30H34N4O3. The average molecular weight is 499 g/mol. The van der Waals surface area contributed by atoms with E-state index in [9.17, 15) is 4.79 Å². The first-order valence-electron chi connectivity index (χ1n) is 12.7. The summed E-state index contributed by atoms with van der Waals surface area (Å²) in [4.78, 5) is 19.5. The van der Waals surface area contributed by atoms with Crippen molar-refractivity contribution in [3.05, 3.63) is 77.2 Å². The van der Waals surface area contributed by atoms with E-state index < -0.39 is 0 Å². The molecule has 1 amide bonds. The number of rotatable bonds is 9. The van der Waals surface area contributed by atoms with Crippen molar-refractivity contribution in [3.63, 3.8) is 0 Å². The first-order valence-corrected chi connectivity index (χ1v) is 12.7. The predicted molar refractivity (Wildman–Crippen MR) is 146 cm³/mol. The summed E-state index contributed by atoms with van der Waals surface area (Å²) in [5.74, 6) is 4.20. The molecule has 0 bridgehead atoms. The molecule has 0 radical (unpaired) electrons. The highest BCUT2D eigenvalue weighted by atomic mass is 16.5. The highest BCUT2D eigenvalue weighted by Gasteiger charge is 2.28. The number of amides is 1. The van der Waals surface area contributed by atoms with Gasteiger partial charge in [0.25, 0.3) is 0 Å². The lowest BCUT2D eigenvalue weighted by Crippen LogP contribution is -2.39. The van der Waals surface area contributed by atoms with E-state index in [0.29, 0.717) is 37.7 Å². The van der Waals surface area contributed by atoms with Crippen molar-refractivity contribution >= 4 is 17.8 Å². The molecule has 1 unspecified atom stereocenters. The Kier molecular flexibility index (Phi) is 8.98. The highest BCUT2D eigenvalue weighted by Crippen LogP contribution is 2.28. The van der Waals surface area contributed by atoms with Gasteiger partial charge < -0.3 is 14.4 Å². The summed E-state index contributed by atoms with van der Waals surface area (Å²) in [6.07, 6.45) is 9.77. The number of terminal acetylenes is 1. The van der Waals surface area contributed by atoms with Gasteiger partial charge in [0.15, 0.2) is 0 Å². The number of ether oxygens (including phenoxy) is 2. The van der Waals surface area contributed by atoms with E-state index in [1.807, 2.05) is 40.2 Å². The number of hydrogen-bond acceptors (Lipinski definition) is 6. The molecule has 0 saturated carbocycles. The van der Waals surface area contributed by atoms with Crippen LogP contribution in [0.3, 0.4) is 0 Å². The fourth-order valence-electron chi connectivity index (χ4n) is 4.90. The maximum atomic E-state index is 13.2. The van der Waals surface area contributed by atoms with Crippen LogP contribution in [0.25, 0.3) is 0 Å². The molecule has 2 aliphatic heterocycles. The van der Waals surface area contributed by atoms with Crippen LogP contribution in [-0.2, 0) is 16.1 Å². The summed E-state index contributed by atoms with van der Waals surface area (Å²) in [6, 6.07) is 18.4. The van der Waals surface area contributed by atoms with Crippen molar-refractivity contribution in [3.8, 4) is 18.1 Å². The summed E-state index contributed by atoms with van der Waals surface area (Å²) < 4.78 is 10.8. The minimum Gasteiger partial charge on any atom is -0.497 e. The number of nitrogens with zero attached hydrogens (tertiary/aromatic N) is 4. The third-order valence-electron chi connectivity index (χ3n) is 6.80. The number of hydrazone groups is 1. The Bertz CT molecular complexity index is 1200. The summed E-state index contributed by atoms with van der Waals surface area (Å²) in [7, 11) is 3.22. The molecule has 0 aromatic heterocycles. The monoisotopic (exact) mass is 498 g/mol. The molecule has 2 aromatic carbocycles. The van der Waals surface area contributed by atoms with E-state index in [0.717, 1.165) is 48.5 Å². The number of carbonyl (C=O) groups excluding carboxylic acids is 1. The quantitative estimate of drug-likeness (QED) is 0.288. The third kappa shape index (κ3) is 6.79. The summed E-state index contributed by atoms with van der Waals surface area (Å²) in [6.45, 7) is 2.71. The Balaban J connectivity index is 1.46. The van der Waals surface area contributed by atoms with Crippen LogP contribution in [0, 0.1) is 12.3 Å². The lowest BCUT2D eigenvalue weighted by atomic mass is 9.90. The normalized spacial score (nSPS) is 18.9. The molecule has 2 heterocycles. The number of methoxy groups -OCH3 is 2. The van der Waals surface area contributed by atoms with E-state index in [4.69, 9.17) is 21.0 Å². The SMILES string of the molecule is C#CC=NC(OC)=C1CN(Cc2ccc(OC)cc2)N=C1CCC(=O)N1CCCC(c2ccccc2)C1. The average Bonchev–Trinajstić information content (AvgIpc) is 3.35. The predicted octanol–water partition coefficient (Wildman–Crippen LogP) is 4.62. The second-order valence-corrected chi connectivity index (χ2v) is 9.22. The van der Waals surface area contributed by atoms with E-state index in [1.165, 1.54) is 11.8 Å². The number of hydrogen-bond donors (Lipinski definition) is 0. The van der Waals surface area contributed by atoms with Gasteiger partial charge >= 0.3 is 0 Å². The molecule has 192 valence electrons. The molecule has 1 atom stereocenters. The highest BCUT2D eigenvalue weighted by molar-refractivity contribution is 6.03. The van der Waals surface area contributed by atoms with Crippen molar-refractivity contribution in [2.75, 3.05) is 33.9 Å². The lowest BCUT2D eigenvalue weighted by Gasteiger charge is -2.33. The molecule has 4 rings (SSSR count). The van der Waals surface area contributed by atoms with Crippen molar-refractivity contribution in [2.45, 2.75) is 38.1 Å². The molecule has 1 fully saturated rings. The molecule has 37 heavy (non-hydrogen) atoms. The summed E-state index contributed by atoms with van der Waals surface area (Å²) in [5, 5.41) is 6.81. The number of carbonyl (C=O) groups is 1. The van der Waals surface area contributed by atoms with E-state index in [2.05, 4.69) is 35.2 Å². The molecule has 2 aliphatic rings. The van der Waals surface area contributed by atoms with Gasteiger partial charge in [0.05, 0.1) is 44.8 Å². The van der Waals surface area contributed by atoms with Crippen LogP contribution in [-0.4, -0.2) is 61.6 Å². The van der Waals surface area contributed by atoms with Gasteiger partial charge in [0.2, 0.25) is 11.8 Å². The van der Waals surface area contributed by atoms with E-state index in [1.54, 1.807) is 14.2 Å². The zero-order chi connectivity index (χ0) is 26.0. The zero-order valence-electron chi connectivity index (χ0n) is 21.6. The van der Waals surface area contributed by atoms with Crippen molar-refractivity contribution in [1.29, 1.82) is 0 Å². The van der Waals surface area contributed by atoms with Gasteiger partial charge in [-0.05, 0) is 36.1 Å². The van der Waals surface area contributed by atoms with Crippen LogP contribution in [0.5, 0.6) is 5.75 Å². The maximum Gasteiger partial charge on any atom is 0.222 e. The molecule has 0 N–H and O–H groups in total. The van der Waals surface area contributed by atoms with Gasteiger partial charge in [-0.15, -0.1) is 6.42 Å². The van der Waals surface area contributed by atoms with Gasteiger partial charge in [-0.2, -0.15) is 5.10 Å². The second kappa shape index (κ2) is 12.8. The first kappa shape index (κ1) is 26.0. The minimum atomic E-state index is 0.155. The number of aliphatic imine (C=N–C) groups is 1. The Hall–Kier alpha value is -4.05. The van der Waals surface area contributed by atoms with Crippen LogP contribution in [0.15, 0.2) is 76.1 Å². The number of benzene rings is 2. The molecule has 0 aliphatic carbocycles. The second-order valence-electron chi connectivity index (χ2n) is 9.22. The number of piperidine rings is 1. The Labute approximate surface area is 219 Å². The molecule has 2 aromatic rings. The Morgan fingerprint density at radius 3 is 2.68 bits per heavy atom. The van der Waals surface area contributed by atoms with Crippen LogP contribution in [0.1, 0.15) is 42.7 Å². The third-order valence-corrected chi connectivity index (χ3v) is 6.80. The van der Waals surface area contributed by atoms with Crippen LogP contribution < -0.4 is 4.74 Å². The van der Waals surface area contributed by atoms with Gasteiger partial charge in [0, 0.05) is 31.8 Å². The van der Waals surface area contributed by atoms with Crippen molar-refractivity contribution in [1.82, 2.24) is 9.91 Å². The standard InChI is InChI=1S/C30H34N4O3/c1-4-18-31-30(37-3)27-22-34(20-23-12-14-26(36-2)15-13-23)32-28(27)16-17-29(35)33-19-8-11-25(21-33)24-9-6-5-7-10-24/h1,5-7,9-10,12-15,18,25H,8,11,16-17,19-22H2,2-3H3. The fourth-order valence-corrected chi connectivity index (χ4v) is 4.90. The Morgan fingerprint density at radius 2 is 1.97 bits per heavy atom. The van der Waals surface area contributed by atoms with Gasteiger partial charge in [-0.1, -0.05) is 48.4 Å². The van der Waals surface area contributed by atoms with Gasteiger partial charge in [-0.3, -0.25) is 9.80 Å². The largest absolute Gasteiger partial charge is 0.497 e. The van der Waals surface area contributed by atoms with Crippen LogP contribution >= 0.6 is 0 Å². The molecule has 7 nitrogen and oxygen atoms in total. The van der Waals surface area contributed by atoms with E-state index in [-0.39, 0.29) is 5.91 Å². The maximum absolute atomic E-state index is 13.2.